The van der Waals surface area contributed by atoms with Gasteiger partial charge in [0.1, 0.15) is 0 Å². The molecular formula is C11H11BN2. The van der Waals surface area contributed by atoms with Gasteiger partial charge in [-0.2, -0.15) is 5.26 Å². The quantitative estimate of drug-likeness (QED) is 0.669. The van der Waals surface area contributed by atoms with E-state index in [4.69, 9.17) is 13.2 Å². The normalized spacial score (nSPS) is 19.8. The van der Waals surface area contributed by atoms with Gasteiger partial charge in [-0.05, 0) is 36.5 Å². The number of fused-ring (bicyclic) bond motifs is 1. The van der Waals surface area contributed by atoms with Crippen LogP contribution in [0.5, 0.6) is 0 Å². The Morgan fingerprint density at radius 1 is 1.50 bits per heavy atom. The van der Waals surface area contributed by atoms with Crippen LogP contribution in [0.1, 0.15) is 35.6 Å². The van der Waals surface area contributed by atoms with Crippen LogP contribution in [0.4, 0.5) is 0 Å². The van der Waals surface area contributed by atoms with E-state index in [0.29, 0.717) is 0 Å². The maximum atomic E-state index is 8.95. The van der Waals surface area contributed by atoms with Gasteiger partial charge in [-0.1, -0.05) is 12.1 Å². The highest BCUT2D eigenvalue weighted by molar-refractivity contribution is 6.04. The van der Waals surface area contributed by atoms with Crippen LogP contribution in [0.25, 0.3) is 0 Å². The van der Waals surface area contributed by atoms with E-state index in [1.165, 1.54) is 11.1 Å². The average Bonchev–Trinajstić information content (AvgIpc) is 2.27. The molecule has 0 aromatic heterocycles. The minimum atomic E-state index is 0.215. The third kappa shape index (κ3) is 1.42. The Morgan fingerprint density at radius 3 is 3.07 bits per heavy atom. The summed E-state index contributed by atoms with van der Waals surface area (Å²) in [7, 11) is 5.48. The molecule has 1 aromatic carbocycles. The molecule has 0 heterocycles. The fraction of sp³-hybridized carbons (Fsp3) is 0.364. The lowest BCUT2D eigenvalue weighted by molar-refractivity contribution is 0.537. The van der Waals surface area contributed by atoms with Crippen LogP contribution in [0.15, 0.2) is 18.2 Å². The number of hydrogen-bond donors (Lipinski definition) is 1. The molecular weight excluding hydrogens is 171 g/mol. The van der Waals surface area contributed by atoms with Crippen LogP contribution in [0, 0.1) is 11.3 Å². The first-order chi connectivity index (χ1) is 6.86. The maximum absolute atomic E-state index is 8.95. The summed E-state index contributed by atoms with van der Waals surface area (Å²) < 4.78 is 0. The summed E-state index contributed by atoms with van der Waals surface area (Å²) in [6, 6.07) is 8.30. The molecule has 68 valence electrons. The first-order valence-electron chi connectivity index (χ1n) is 4.85. The Hall–Kier alpha value is -1.27. The van der Waals surface area contributed by atoms with Crippen LogP contribution >= 0.6 is 0 Å². The van der Waals surface area contributed by atoms with Crippen molar-refractivity contribution in [3.05, 3.63) is 34.9 Å². The van der Waals surface area contributed by atoms with E-state index in [0.717, 1.165) is 24.8 Å². The summed E-state index contributed by atoms with van der Waals surface area (Å²) in [5.41, 5.74) is 3.16. The molecule has 1 aromatic rings. The van der Waals surface area contributed by atoms with Crippen LogP contribution in [-0.4, -0.2) is 7.98 Å². The monoisotopic (exact) mass is 182 g/mol. The van der Waals surface area contributed by atoms with Crippen LogP contribution in [-0.2, 0) is 6.42 Å². The van der Waals surface area contributed by atoms with Gasteiger partial charge >= 0.3 is 0 Å². The van der Waals surface area contributed by atoms with Crippen molar-refractivity contribution in [2.45, 2.75) is 25.3 Å². The number of rotatable bonds is 1. The van der Waals surface area contributed by atoms with E-state index >= 15 is 0 Å². The van der Waals surface area contributed by atoms with Gasteiger partial charge in [0.05, 0.1) is 11.6 Å². The summed E-state index contributed by atoms with van der Waals surface area (Å²) >= 11 is 0. The van der Waals surface area contributed by atoms with Gasteiger partial charge in [-0.25, -0.2) is 0 Å². The van der Waals surface area contributed by atoms with E-state index in [9.17, 15) is 0 Å². The van der Waals surface area contributed by atoms with Crippen molar-refractivity contribution >= 4 is 7.98 Å². The minimum absolute atomic E-state index is 0.215. The zero-order valence-electron chi connectivity index (χ0n) is 7.96. The van der Waals surface area contributed by atoms with Gasteiger partial charge in [0, 0.05) is 6.04 Å². The molecule has 1 atom stereocenters. The molecule has 2 nitrogen and oxygen atoms in total. The van der Waals surface area contributed by atoms with Gasteiger partial charge in [0.2, 0.25) is 0 Å². The molecule has 0 saturated carbocycles. The number of nitrogens with one attached hydrogen (secondary N) is 1. The zero-order chi connectivity index (χ0) is 9.97. The second-order valence-corrected chi connectivity index (χ2v) is 3.60. The molecule has 0 saturated heterocycles. The van der Waals surface area contributed by atoms with Crippen molar-refractivity contribution in [2.24, 2.45) is 0 Å². The summed E-state index contributed by atoms with van der Waals surface area (Å²) in [6.07, 6.45) is 3.15. The first kappa shape index (κ1) is 9.30. The Kier molecular flexibility index (Phi) is 2.56. The van der Waals surface area contributed by atoms with Crippen LogP contribution < -0.4 is 5.23 Å². The molecule has 0 spiro atoms. The molecule has 0 aliphatic heterocycles. The zero-order valence-corrected chi connectivity index (χ0v) is 7.96. The molecule has 1 aliphatic rings. The number of hydrogen-bond acceptors (Lipinski definition) is 2. The van der Waals surface area contributed by atoms with Gasteiger partial charge in [0.15, 0.2) is 7.98 Å². The lowest BCUT2D eigenvalue weighted by Crippen LogP contribution is -2.23. The predicted molar refractivity (Wildman–Crippen MR) is 55.7 cm³/mol. The SMILES string of the molecule is [B]N[C@H]1CCCc2c(C#N)cccc21. The van der Waals surface area contributed by atoms with Gasteiger partial charge in [0.25, 0.3) is 0 Å². The van der Waals surface area contributed by atoms with E-state index in [2.05, 4.69) is 17.4 Å². The van der Waals surface area contributed by atoms with E-state index in [1.54, 1.807) is 0 Å². The largest absolute Gasteiger partial charge is 0.360 e. The molecule has 2 radical (unpaired) electrons. The van der Waals surface area contributed by atoms with Crippen molar-refractivity contribution in [2.75, 3.05) is 0 Å². The van der Waals surface area contributed by atoms with E-state index in [1.807, 2.05) is 12.1 Å². The third-order valence-electron chi connectivity index (χ3n) is 2.83. The van der Waals surface area contributed by atoms with E-state index < -0.39 is 0 Å². The fourth-order valence-corrected chi connectivity index (χ4v) is 2.13. The maximum Gasteiger partial charge on any atom is 0.178 e. The van der Waals surface area contributed by atoms with Crippen LogP contribution in [0.3, 0.4) is 0 Å². The lowest BCUT2D eigenvalue weighted by Gasteiger charge is -2.25. The molecule has 14 heavy (non-hydrogen) atoms. The highest BCUT2D eigenvalue weighted by Crippen LogP contribution is 2.30. The molecule has 2 rings (SSSR count). The number of nitriles is 1. The van der Waals surface area contributed by atoms with Crippen molar-refractivity contribution in [1.29, 1.82) is 5.26 Å². The Bertz CT molecular complexity index is 381. The van der Waals surface area contributed by atoms with Crippen molar-refractivity contribution in [3.8, 4) is 6.07 Å². The predicted octanol–water partition coefficient (Wildman–Crippen LogP) is 1.61. The van der Waals surface area contributed by atoms with Crippen molar-refractivity contribution < 1.29 is 0 Å². The Morgan fingerprint density at radius 2 is 2.36 bits per heavy atom. The highest BCUT2D eigenvalue weighted by atomic mass is 14.8. The fourth-order valence-electron chi connectivity index (χ4n) is 2.13. The smallest absolute Gasteiger partial charge is 0.178 e. The molecule has 3 heteroatoms. The summed E-state index contributed by atoms with van der Waals surface area (Å²) in [6.45, 7) is 0. The number of benzene rings is 1. The Labute approximate surface area is 85.4 Å². The van der Waals surface area contributed by atoms with E-state index in [-0.39, 0.29) is 6.04 Å². The molecule has 0 fully saturated rings. The molecule has 0 unspecified atom stereocenters. The first-order valence-corrected chi connectivity index (χ1v) is 4.85. The lowest BCUT2D eigenvalue weighted by atomic mass is 9.84. The highest BCUT2D eigenvalue weighted by Gasteiger charge is 2.19. The van der Waals surface area contributed by atoms with Gasteiger partial charge in [-0.15, -0.1) is 0 Å². The summed E-state index contributed by atoms with van der Waals surface area (Å²) in [5, 5.41) is 11.8. The second kappa shape index (κ2) is 3.85. The third-order valence-corrected chi connectivity index (χ3v) is 2.83. The number of nitrogens with zero attached hydrogens (tertiary/aromatic N) is 1. The standard InChI is InChI=1S/C11H11BN2/c12-14-11-6-2-4-9-8(7-13)3-1-5-10(9)11/h1,3,5,11,14H,2,4,6H2/t11-/m0/s1. The second-order valence-electron chi connectivity index (χ2n) is 3.60. The van der Waals surface area contributed by atoms with Crippen LogP contribution in [0.2, 0.25) is 0 Å². The molecule has 0 bridgehead atoms. The minimum Gasteiger partial charge on any atom is -0.360 e. The topological polar surface area (TPSA) is 35.8 Å². The van der Waals surface area contributed by atoms with Gasteiger partial charge < -0.3 is 5.23 Å². The summed E-state index contributed by atoms with van der Waals surface area (Å²) in [5.74, 6) is 0. The van der Waals surface area contributed by atoms with Crippen molar-refractivity contribution in [1.82, 2.24) is 5.23 Å². The molecule has 1 N–H and O–H groups in total. The molecule has 1 aliphatic carbocycles. The van der Waals surface area contributed by atoms with Crippen molar-refractivity contribution in [3.63, 3.8) is 0 Å². The molecule has 0 amide bonds. The average molecular weight is 182 g/mol. The van der Waals surface area contributed by atoms with Gasteiger partial charge in [-0.3, -0.25) is 0 Å². The summed E-state index contributed by atoms with van der Waals surface area (Å²) in [4.78, 5) is 0. The Balaban J connectivity index is 2.50.